The third kappa shape index (κ3) is 19.2. The molecule has 0 radical (unpaired) electrons. The molecule has 10 nitrogen and oxygen atoms in total. The van der Waals surface area contributed by atoms with E-state index in [4.69, 9.17) is 23.0 Å². The van der Waals surface area contributed by atoms with Gasteiger partial charge in [0.1, 0.15) is 5.60 Å². The van der Waals surface area contributed by atoms with E-state index in [1.807, 2.05) is 20.8 Å². The smallest absolute Gasteiger partial charge is 0.460 e. The van der Waals surface area contributed by atoms with Crippen LogP contribution in [-0.2, 0) is 32.4 Å². The predicted molar refractivity (Wildman–Crippen MR) is 118 cm³/mol. The number of alkyl carbamates (subject to hydrolysis) is 1. The molecule has 0 aliphatic heterocycles. The first-order chi connectivity index (χ1) is 13.9. The number of carbonyl (C=O) groups excluding carboxylic acids is 2. The highest BCUT2D eigenvalue weighted by atomic mass is 31.2. The van der Waals surface area contributed by atoms with Crippen molar-refractivity contribution in [3.8, 4) is 0 Å². The summed E-state index contributed by atoms with van der Waals surface area (Å²) in [4.78, 5) is 23.3. The second-order valence-electron chi connectivity index (χ2n) is 9.90. The van der Waals surface area contributed by atoms with Crippen LogP contribution in [0.25, 0.3) is 0 Å². The lowest BCUT2D eigenvalue weighted by Crippen LogP contribution is -2.33. The van der Waals surface area contributed by atoms with Crippen LogP contribution in [0.4, 0.5) is 4.79 Å². The largest absolute Gasteiger partial charge is 0.478 e. The molecule has 0 aliphatic rings. The predicted octanol–water partition coefficient (Wildman–Crippen LogP) is 4.14. The van der Waals surface area contributed by atoms with Gasteiger partial charge in [0, 0.05) is 19.5 Å². The molecular formula is C20H41N2O8P. The van der Waals surface area contributed by atoms with Crippen LogP contribution >= 0.6 is 7.82 Å². The maximum atomic E-state index is 12.8. The molecule has 0 aliphatic carbocycles. The van der Waals surface area contributed by atoms with Crippen molar-refractivity contribution in [1.82, 2.24) is 10.6 Å². The molecule has 0 unspecified atom stereocenters. The molecule has 1 amide bonds. The summed E-state index contributed by atoms with van der Waals surface area (Å²) in [5.41, 5.74) is -2.04. The molecule has 0 fully saturated rings. The van der Waals surface area contributed by atoms with Gasteiger partial charge in [0.05, 0.1) is 11.2 Å². The first kappa shape index (κ1) is 29.8. The fourth-order valence-corrected chi connectivity index (χ4v) is 3.73. The Morgan fingerprint density at radius 2 is 1.35 bits per heavy atom. The van der Waals surface area contributed by atoms with Crippen molar-refractivity contribution >= 4 is 19.9 Å². The number of hydrogen-bond acceptors (Lipinski definition) is 9. The number of ether oxygens (including phenoxy) is 2. The van der Waals surface area contributed by atoms with Crippen LogP contribution in [0, 0.1) is 0 Å². The van der Waals surface area contributed by atoms with Gasteiger partial charge in [0.2, 0.25) is 6.79 Å². The molecule has 0 heterocycles. The van der Waals surface area contributed by atoms with E-state index < -0.39 is 37.5 Å². The standard InChI is InChI=1S/C20H41N2O8P/c1-18(2,3)28-16(23)11-10-12-21-13-14-22-17(24)26-15-27-31(25,29-19(4,5)6)30-20(7,8)9/h21H,10-15H2,1-9H3,(H,22,24). The van der Waals surface area contributed by atoms with E-state index in [1.165, 1.54) is 0 Å². The molecule has 2 N–H and O–H groups in total. The van der Waals surface area contributed by atoms with Crippen LogP contribution in [0.3, 0.4) is 0 Å². The molecule has 184 valence electrons. The molecule has 0 bridgehead atoms. The van der Waals surface area contributed by atoms with Crippen LogP contribution in [-0.4, -0.2) is 55.3 Å². The van der Waals surface area contributed by atoms with E-state index in [1.54, 1.807) is 41.5 Å². The number of phosphoric acid groups is 1. The van der Waals surface area contributed by atoms with Crippen LogP contribution < -0.4 is 10.6 Å². The fraction of sp³-hybridized carbons (Fsp3) is 0.900. The Labute approximate surface area is 186 Å². The van der Waals surface area contributed by atoms with E-state index in [9.17, 15) is 14.2 Å². The van der Waals surface area contributed by atoms with Gasteiger partial charge in [0.15, 0.2) is 0 Å². The molecule has 31 heavy (non-hydrogen) atoms. The Kier molecular flexibility index (Phi) is 12.3. The average molecular weight is 469 g/mol. The van der Waals surface area contributed by atoms with E-state index in [0.29, 0.717) is 32.5 Å². The lowest BCUT2D eigenvalue weighted by molar-refractivity contribution is -0.154. The van der Waals surface area contributed by atoms with E-state index in [-0.39, 0.29) is 5.97 Å². The van der Waals surface area contributed by atoms with Gasteiger partial charge in [-0.3, -0.25) is 13.8 Å². The molecule has 0 aromatic carbocycles. The highest BCUT2D eigenvalue weighted by Gasteiger charge is 2.37. The van der Waals surface area contributed by atoms with E-state index >= 15 is 0 Å². The summed E-state index contributed by atoms with van der Waals surface area (Å²) in [6, 6.07) is 0. The second kappa shape index (κ2) is 12.7. The summed E-state index contributed by atoms with van der Waals surface area (Å²) >= 11 is 0. The SMILES string of the molecule is CC(C)(C)OC(=O)CCCNCCNC(=O)OCOP(=O)(OC(C)(C)C)OC(C)(C)C. The summed E-state index contributed by atoms with van der Waals surface area (Å²) in [6.45, 7) is 16.6. The summed E-state index contributed by atoms with van der Waals surface area (Å²) in [5.74, 6) is -0.237. The number of nitrogens with one attached hydrogen (secondary N) is 2. The van der Waals surface area contributed by atoms with Gasteiger partial charge in [-0.15, -0.1) is 0 Å². The molecule has 0 spiro atoms. The number of rotatable bonds is 12. The highest BCUT2D eigenvalue weighted by Crippen LogP contribution is 2.55. The van der Waals surface area contributed by atoms with Crippen LogP contribution in [0.5, 0.6) is 0 Å². The summed E-state index contributed by atoms with van der Waals surface area (Å²) in [6.07, 6.45) is 0.225. The van der Waals surface area contributed by atoms with Crippen molar-refractivity contribution in [3.63, 3.8) is 0 Å². The lowest BCUT2D eigenvalue weighted by Gasteiger charge is -2.30. The van der Waals surface area contributed by atoms with Crippen molar-refractivity contribution in [2.75, 3.05) is 26.4 Å². The maximum Gasteiger partial charge on any atom is 0.478 e. The zero-order valence-electron chi connectivity index (χ0n) is 20.5. The fourth-order valence-electron chi connectivity index (χ4n) is 2.07. The van der Waals surface area contributed by atoms with Gasteiger partial charge >= 0.3 is 19.9 Å². The Bertz CT molecular complexity index is 586. The number of phosphoric ester groups is 1. The van der Waals surface area contributed by atoms with Crippen molar-refractivity contribution in [3.05, 3.63) is 0 Å². The Balaban J connectivity index is 4.07. The minimum absolute atomic E-state index is 0.237. The molecule has 0 aromatic heterocycles. The maximum absolute atomic E-state index is 12.8. The molecular weight excluding hydrogens is 427 g/mol. The molecule has 0 saturated carbocycles. The normalized spacial score (nSPS) is 13.1. The molecule has 0 atom stereocenters. The van der Waals surface area contributed by atoms with Crippen molar-refractivity contribution < 1.29 is 37.2 Å². The number of esters is 1. The first-order valence-electron chi connectivity index (χ1n) is 10.4. The van der Waals surface area contributed by atoms with Crippen molar-refractivity contribution in [2.24, 2.45) is 0 Å². The molecule has 0 rings (SSSR count). The monoisotopic (exact) mass is 468 g/mol. The summed E-state index contributed by atoms with van der Waals surface area (Å²) in [5, 5.41) is 5.63. The van der Waals surface area contributed by atoms with Crippen molar-refractivity contribution in [1.29, 1.82) is 0 Å². The first-order valence-corrected chi connectivity index (χ1v) is 11.9. The second-order valence-corrected chi connectivity index (χ2v) is 11.4. The molecule has 0 saturated heterocycles. The Hall–Kier alpha value is -1.19. The molecule has 11 heteroatoms. The number of hydrogen-bond donors (Lipinski definition) is 2. The number of amides is 1. The zero-order chi connectivity index (χ0) is 24.3. The topological polar surface area (TPSA) is 121 Å². The van der Waals surface area contributed by atoms with Gasteiger partial charge in [-0.25, -0.2) is 13.9 Å². The van der Waals surface area contributed by atoms with Gasteiger partial charge in [-0.1, -0.05) is 0 Å². The zero-order valence-corrected chi connectivity index (χ0v) is 21.4. The summed E-state index contributed by atoms with van der Waals surface area (Å²) in [7, 11) is -3.94. The molecule has 0 aromatic rings. The van der Waals surface area contributed by atoms with Gasteiger partial charge in [0.25, 0.3) is 0 Å². The Morgan fingerprint density at radius 3 is 1.84 bits per heavy atom. The third-order valence-electron chi connectivity index (χ3n) is 2.90. The van der Waals surface area contributed by atoms with Crippen LogP contribution in [0.2, 0.25) is 0 Å². The van der Waals surface area contributed by atoms with Crippen molar-refractivity contribution in [2.45, 2.75) is 92.0 Å². The lowest BCUT2D eigenvalue weighted by atomic mass is 10.2. The minimum Gasteiger partial charge on any atom is -0.460 e. The highest BCUT2D eigenvalue weighted by molar-refractivity contribution is 7.48. The van der Waals surface area contributed by atoms with Gasteiger partial charge in [-0.2, -0.15) is 0 Å². The van der Waals surface area contributed by atoms with Crippen LogP contribution in [0.1, 0.15) is 75.2 Å². The Morgan fingerprint density at radius 1 is 0.806 bits per heavy atom. The van der Waals surface area contributed by atoms with Gasteiger partial charge < -0.3 is 20.1 Å². The van der Waals surface area contributed by atoms with E-state index in [2.05, 4.69) is 10.6 Å². The summed E-state index contributed by atoms with van der Waals surface area (Å²) < 4.78 is 38.9. The number of carbonyl (C=O) groups is 2. The third-order valence-corrected chi connectivity index (χ3v) is 4.86. The average Bonchev–Trinajstić information content (AvgIpc) is 2.48. The van der Waals surface area contributed by atoms with Crippen LogP contribution in [0.15, 0.2) is 0 Å². The quantitative estimate of drug-likeness (QED) is 0.188. The van der Waals surface area contributed by atoms with Gasteiger partial charge in [-0.05, 0) is 75.3 Å². The minimum atomic E-state index is -3.94. The van der Waals surface area contributed by atoms with E-state index in [0.717, 1.165) is 0 Å².